The van der Waals surface area contributed by atoms with Crippen LogP contribution in [0.25, 0.3) is 0 Å². The number of anilines is 1. The van der Waals surface area contributed by atoms with Crippen LogP contribution in [0.2, 0.25) is 10.0 Å². The highest BCUT2D eigenvalue weighted by Gasteiger charge is 2.20. The van der Waals surface area contributed by atoms with Gasteiger partial charge in [0.1, 0.15) is 13.1 Å². The van der Waals surface area contributed by atoms with Gasteiger partial charge in [-0.1, -0.05) is 23.2 Å². The number of nitrogens with one attached hydrogen (secondary N) is 1. The van der Waals surface area contributed by atoms with E-state index in [2.05, 4.69) is 5.32 Å². The van der Waals surface area contributed by atoms with Crippen LogP contribution < -0.4 is 11.1 Å². The predicted octanol–water partition coefficient (Wildman–Crippen LogP) is 1.71. The summed E-state index contributed by atoms with van der Waals surface area (Å²) in [5.41, 5.74) is 5.90. The number of nitrogens with two attached hydrogens (primary N) is 1. The number of halogens is 2. The fraction of sp³-hybridized carbons (Fsp3) is 0.250. The van der Waals surface area contributed by atoms with Gasteiger partial charge in [0.15, 0.2) is 0 Å². The van der Waals surface area contributed by atoms with Gasteiger partial charge in [-0.25, -0.2) is 4.79 Å². The first-order valence-corrected chi connectivity index (χ1v) is 6.48. The van der Waals surface area contributed by atoms with Crippen LogP contribution in [0.5, 0.6) is 0 Å². The van der Waals surface area contributed by atoms with Gasteiger partial charge in [0.25, 0.3) is 0 Å². The van der Waals surface area contributed by atoms with Crippen molar-refractivity contribution in [1.82, 2.24) is 4.90 Å². The van der Waals surface area contributed by atoms with E-state index in [0.717, 1.165) is 10.5 Å². The molecule has 3 amide bonds. The number of carboxylic acid groups (broad SMARTS) is 1. The Morgan fingerprint density at radius 1 is 1.24 bits per heavy atom. The molecule has 4 N–H and O–H groups in total. The molecule has 0 aliphatic carbocycles. The molecule has 0 aliphatic rings. The Kier molecular flexibility index (Phi) is 5.80. The van der Waals surface area contributed by atoms with Crippen molar-refractivity contribution >= 4 is 46.8 Å². The molecule has 0 saturated carbocycles. The number of primary amides is 1. The Bertz CT molecular complexity index is 576. The molecule has 0 bridgehead atoms. The molecule has 21 heavy (non-hydrogen) atoms. The third-order valence-corrected chi connectivity index (χ3v) is 3.17. The second-order valence-electron chi connectivity index (χ2n) is 4.23. The minimum atomic E-state index is -1.28. The Balaban J connectivity index is 2.93. The average molecular weight is 334 g/mol. The van der Waals surface area contributed by atoms with E-state index in [4.69, 9.17) is 34.0 Å². The highest BCUT2D eigenvalue weighted by Crippen LogP contribution is 2.28. The number of aryl methyl sites for hydroxylation is 1. The van der Waals surface area contributed by atoms with Gasteiger partial charge >= 0.3 is 12.0 Å². The van der Waals surface area contributed by atoms with E-state index in [1.54, 1.807) is 13.0 Å². The zero-order valence-electron chi connectivity index (χ0n) is 11.0. The maximum absolute atomic E-state index is 12.0. The fourth-order valence-electron chi connectivity index (χ4n) is 1.49. The number of urea groups is 1. The van der Waals surface area contributed by atoms with Crippen molar-refractivity contribution < 1.29 is 19.5 Å². The first-order valence-electron chi connectivity index (χ1n) is 5.72. The van der Waals surface area contributed by atoms with Gasteiger partial charge in [0.05, 0.1) is 10.7 Å². The summed E-state index contributed by atoms with van der Waals surface area (Å²) < 4.78 is 0. The Morgan fingerprint density at radius 3 is 2.38 bits per heavy atom. The van der Waals surface area contributed by atoms with E-state index < -0.39 is 31.0 Å². The van der Waals surface area contributed by atoms with Crippen LogP contribution >= 0.6 is 23.2 Å². The zero-order chi connectivity index (χ0) is 16.2. The topological polar surface area (TPSA) is 113 Å². The lowest BCUT2D eigenvalue weighted by Gasteiger charge is -2.20. The number of rotatable bonds is 5. The lowest BCUT2D eigenvalue weighted by molar-refractivity contribution is -0.137. The van der Waals surface area contributed by atoms with Crippen molar-refractivity contribution in [2.45, 2.75) is 6.92 Å². The summed E-state index contributed by atoms with van der Waals surface area (Å²) in [6, 6.07) is 2.16. The second kappa shape index (κ2) is 7.14. The molecule has 0 fully saturated rings. The van der Waals surface area contributed by atoms with E-state index in [0.29, 0.717) is 5.02 Å². The van der Waals surface area contributed by atoms with E-state index in [1.807, 2.05) is 0 Å². The Labute approximate surface area is 130 Å². The molecule has 0 atom stereocenters. The minimum absolute atomic E-state index is 0.206. The van der Waals surface area contributed by atoms with E-state index >= 15 is 0 Å². The van der Waals surface area contributed by atoms with Gasteiger partial charge in [-0.2, -0.15) is 0 Å². The van der Waals surface area contributed by atoms with Crippen molar-refractivity contribution in [2.24, 2.45) is 5.73 Å². The smallest absolute Gasteiger partial charge is 0.323 e. The van der Waals surface area contributed by atoms with Gasteiger partial charge in [-0.15, -0.1) is 0 Å². The van der Waals surface area contributed by atoms with Crippen molar-refractivity contribution in [2.75, 3.05) is 18.4 Å². The van der Waals surface area contributed by atoms with Crippen LogP contribution in [-0.4, -0.2) is 41.0 Å². The highest BCUT2D eigenvalue weighted by molar-refractivity contribution is 6.36. The summed E-state index contributed by atoms with van der Waals surface area (Å²) in [6.07, 6.45) is 0. The van der Waals surface area contributed by atoms with E-state index in [1.165, 1.54) is 6.07 Å². The predicted molar refractivity (Wildman–Crippen MR) is 78.6 cm³/mol. The Morgan fingerprint density at radius 2 is 1.86 bits per heavy atom. The monoisotopic (exact) mass is 333 g/mol. The number of carbonyl (C=O) groups excluding carboxylic acids is 2. The lowest BCUT2D eigenvalue weighted by Crippen LogP contribution is -2.43. The molecule has 9 heteroatoms. The first kappa shape index (κ1) is 17.1. The normalized spacial score (nSPS) is 10.0. The third kappa shape index (κ3) is 5.13. The lowest BCUT2D eigenvalue weighted by atomic mass is 10.2. The van der Waals surface area contributed by atoms with Crippen molar-refractivity contribution in [3.8, 4) is 0 Å². The molecule has 0 unspecified atom stereocenters. The summed E-state index contributed by atoms with van der Waals surface area (Å²) in [5.74, 6) is -2.11. The summed E-state index contributed by atoms with van der Waals surface area (Å²) in [4.78, 5) is 34.3. The molecule has 1 rings (SSSR count). The first-order chi connectivity index (χ1) is 9.70. The molecule has 0 heterocycles. The van der Waals surface area contributed by atoms with Gasteiger partial charge in [0, 0.05) is 5.02 Å². The standard InChI is InChI=1S/C12H13Cl2N3O4/c1-6-2-8(14)9(3-7(6)13)16-12(21)17(4-10(15)18)5-11(19)20/h2-3H,4-5H2,1H3,(H2,15,18)(H,16,21)(H,19,20). The number of hydrogen-bond donors (Lipinski definition) is 3. The molecule has 0 spiro atoms. The minimum Gasteiger partial charge on any atom is -0.480 e. The van der Waals surface area contributed by atoms with Crippen LogP contribution in [0.4, 0.5) is 10.5 Å². The van der Waals surface area contributed by atoms with Crippen LogP contribution in [0.15, 0.2) is 12.1 Å². The quantitative estimate of drug-likeness (QED) is 0.761. The zero-order valence-corrected chi connectivity index (χ0v) is 12.5. The maximum Gasteiger partial charge on any atom is 0.323 e. The van der Waals surface area contributed by atoms with Crippen LogP contribution in [-0.2, 0) is 9.59 Å². The second-order valence-corrected chi connectivity index (χ2v) is 5.04. The molecule has 0 radical (unpaired) electrons. The summed E-state index contributed by atoms with van der Waals surface area (Å²) in [7, 11) is 0. The average Bonchev–Trinajstić information content (AvgIpc) is 2.33. The number of aliphatic carboxylic acids is 1. The van der Waals surface area contributed by atoms with Gasteiger partial charge < -0.3 is 21.1 Å². The summed E-state index contributed by atoms with van der Waals surface area (Å²) >= 11 is 11.9. The number of benzene rings is 1. The molecular formula is C12H13Cl2N3O4. The van der Waals surface area contributed by atoms with Crippen molar-refractivity contribution in [3.63, 3.8) is 0 Å². The molecule has 7 nitrogen and oxygen atoms in total. The number of amides is 3. The highest BCUT2D eigenvalue weighted by atomic mass is 35.5. The molecule has 0 aliphatic heterocycles. The Hall–Kier alpha value is -1.99. The largest absolute Gasteiger partial charge is 0.480 e. The van der Waals surface area contributed by atoms with Gasteiger partial charge in [-0.05, 0) is 24.6 Å². The molecular weight excluding hydrogens is 321 g/mol. The van der Waals surface area contributed by atoms with Crippen LogP contribution in [0.1, 0.15) is 5.56 Å². The van der Waals surface area contributed by atoms with Gasteiger partial charge in [-0.3, -0.25) is 9.59 Å². The van der Waals surface area contributed by atoms with Crippen LogP contribution in [0, 0.1) is 6.92 Å². The number of hydrogen-bond acceptors (Lipinski definition) is 3. The van der Waals surface area contributed by atoms with Crippen LogP contribution in [0.3, 0.4) is 0 Å². The summed E-state index contributed by atoms with van der Waals surface area (Å²) in [6.45, 7) is 0.533. The third-order valence-electron chi connectivity index (χ3n) is 2.45. The number of carboxylic acids is 1. The molecule has 0 saturated heterocycles. The summed E-state index contributed by atoms with van der Waals surface area (Å²) in [5, 5.41) is 11.7. The van der Waals surface area contributed by atoms with E-state index in [9.17, 15) is 14.4 Å². The SMILES string of the molecule is Cc1cc(Cl)c(NC(=O)N(CC(N)=O)CC(=O)O)cc1Cl. The molecule has 0 aromatic heterocycles. The molecule has 1 aromatic carbocycles. The molecule has 1 aromatic rings. The molecule has 114 valence electrons. The fourth-order valence-corrected chi connectivity index (χ4v) is 1.92. The van der Waals surface area contributed by atoms with Gasteiger partial charge in [0.2, 0.25) is 5.91 Å². The maximum atomic E-state index is 12.0. The van der Waals surface area contributed by atoms with Crippen molar-refractivity contribution in [1.29, 1.82) is 0 Å². The van der Waals surface area contributed by atoms with Crippen molar-refractivity contribution in [3.05, 3.63) is 27.7 Å². The number of carbonyl (C=O) groups is 3. The number of nitrogens with zero attached hydrogens (tertiary/aromatic N) is 1. The van der Waals surface area contributed by atoms with E-state index in [-0.39, 0.29) is 10.7 Å².